The zero-order valence-corrected chi connectivity index (χ0v) is 20.1. The standard InChI is InChI=1S/C27H34N2O4/c1-5-31-24-15-14-21(18-25(24)32-6-2)16-17-28-26(30)13-9-12-23-20(4)33-27(29-23)22-11-8-7-10-19(22)3/h7-8,10-11,14-15,18H,5-6,9,12-13,16-17H2,1-4H3,(H,28,30). The lowest BCUT2D eigenvalue weighted by Crippen LogP contribution is -2.25. The predicted molar refractivity (Wildman–Crippen MR) is 130 cm³/mol. The average Bonchev–Trinajstić information content (AvgIpc) is 3.16. The summed E-state index contributed by atoms with van der Waals surface area (Å²) in [5.74, 6) is 3.00. The normalized spacial score (nSPS) is 10.8. The molecule has 33 heavy (non-hydrogen) atoms. The Morgan fingerprint density at radius 2 is 1.76 bits per heavy atom. The molecular formula is C27H34N2O4. The van der Waals surface area contributed by atoms with E-state index in [-0.39, 0.29) is 5.91 Å². The van der Waals surface area contributed by atoms with E-state index in [1.807, 2.05) is 70.2 Å². The molecule has 0 radical (unpaired) electrons. The van der Waals surface area contributed by atoms with Crippen molar-refractivity contribution in [3.05, 3.63) is 65.0 Å². The second-order valence-corrected chi connectivity index (χ2v) is 7.94. The molecule has 0 spiro atoms. The van der Waals surface area contributed by atoms with Crippen LogP contribution in [-0.2, 0) is 17.6 Å². The molecule has 0 atom stereocenters. The van der Waals surface area contributed by atoms with Gasteiger partial charge in [-0.25, -0.2) is 4.98 Å². The van der Waals surface area contributed by atoms with E-state index in [9.17, 15) is 4.79 Å². The maximum Gasteiger partial charge on any atom is 0.226 e. The first-order valence-corrected chi connectivity index (χ1v) is 11.7. The van der Waals surface area contributed by atoms with Crippen LogP contribution in [0.25, 0.3) is 11.5 Å². The lowest BCUT2D eigenvalue weighted by molar-refractivity contribution is -0.121. The van der Waals surface area contributed by atoms with Crippen molar-refractivity contribution in [1.29, 1.82) is 0 Å². The van der Waals surface area contributed by atoms with Crippen molar-refractivity contribution < 1.29 is 18.7 Å². The highest BCUT2D eigenvalue weighted by atomic mass is 16.5. The topological polar surface area (TPSA) is 73.6 Å². The number of benzene rings is 2. The average molecular weight is 451 g/mol. The van der Waals surface area contributed by atoms with Gasteiger partial charge in [0.05, 0.1) is 18.9 Å². The largest absolute Gasteiger partial charge is 0.490 e. The summed E-state index contributed by atoms with van der Waals surface area (Å²) in [6.07, 6.45) is 2.63. The molecule has 176 valence electrons. The number of nitrogens with zero attached hydrogens (tertiary/aromatic N) is 1. The summed E-state index contributed by atoms with van der Waals surface area (Å²) in [4.78, 5) is 17.0. The molecule has 0 saturated heterocycles. The third-order valence-corrected chi connectivity index (χ3v) is 5.43. The van der Waals surface area contributed by atoms with Crippen LogP contribution in [0.3, 0.4) is 0 Å². The molecule has 0 fully saturated rings. The second-order valence-electron chi connectivity index (χ2n) is 7.94. The third-order valence-electron chi connectivity index (χ3n) is 5.43. The van der Waals surface area contributed by atoms with E-state index in [4.69, 9.17) is 13.9 Å². The van der Waals surface area contributed by atoms with Gasteiger partial charge in [-0.3, -0.25) is 4.79 Å². The number of ether oxygens (including phenoxy) is 2. The summed E-state index contributed by atoms with van der Waals surface area (Å²) in [5, 5.41) is 3.01. The Labute approximate surface area is 196 Å². The van der Waals surface area contributed by atoms with Crippen LogP contribution in [0.15, 0.2) is 46.9 Å². The number of oxazole rings is 1. The number of nitrogens with one attached hydrogen (secondary N) is 1. The maximum atomic E-state index is 12.3. The molecule has 0 aliphatic heterocycles. The Kier molecular flexibility index (Phi) is 8.93. The Balaban J connectivity index is 1.44. The van der Waals surface area contributed by atoms with Gasteiger partial charge in [0.1, 0.15) is 5.76 Å². The summed E-state index contributed by atoms with van der Waals surface area (Å²) < 4.78 is 17.1. The number of amides is 1. The Hall–Kier alpha value is -3.28. The molecule has 6 nitrogen and oxygen atoms in total. The van der Waals surface area contributed by atoms with E-state index < -0.39 is 0 Å². The van der Waals surface area contributed by atoms with E-state index in [0.717, 1.165) is 52.5 Å². The minimum Gasteiger partial charge on any atom is -0.490 e. The number of carbonyl (C=O) groups is 1. The van der Waals surface area contributed by atoms with E-state index in [1.165, 1.54) is 0 Å². The van der Waals surface area contributed by atoms with Crippen LogP contribution in [0.1, 0.15) is 49.3 Å². The Morgan fingerprint density at radius 3 is 2.52 bits per heavy atom. The highest BCUT2D eigenvalue weighted by Crippen LogP contribution is 2.29. The van der Waals surface area contributed by atoms with Gasteiger partial charge in [0, 0.05) is 18.5 Å². The smallest absolute Gasteiger partial charge is 0.226 e. The third kappa shape index (κ3) is 6.85. The zero-order valence-electron chi connectivity index (χ0n) is 20.1. The molecular weight excluding hydrogens is 416 g/mol. The second kappa shape index (κ2) is 12.1. The van der Waals surface area contributed by atoms with Crippen molar-refractivity contribution in [3.8, 4) is 23.0 Å². The fourth-order valence-electron chi connectivity index (χ4n) is 3.69. The summed E-state index contributed by atoms with van der Waals surface area (Å²) in [7, 11) is 0. The van der Waals surface area contributed by atoms with Crippen molar-refractivity contribution in [2.45, 2.75) is 53.4 Å². The van der Waals surface area contributed by atoms with Gasteiger partial charge in [0.25, 0.3) is 0 Å². The molecule has 1 heterocycles. The predicted octanol–water partition coefficient (Wildman–Crippen LogP) is 5.44. The highest BCUT2D eigenvalue weighted by Gasteiger charge is 2.13. The quantitative estimate of drug-likeness (QED) is 0.398. The van der Waals surface area contributed by atoms with Crippen molar-refractivity contribution in [2.75, 3.05) is 19.8 Å². The number of carbonyl (C=O) groups excluding carboxylic acids is 1. The highest BCUT2D eigenvalue weighted by molar-refractivity contribution is 5.75. The van der Waals surface area contributed by atoms with Crippen molar-refractivity contribution in [3.63, 3.8) is 0 Å². The van der Waals surface area contributed by atoms with E-state index in [0.29, 0.717) is 38.5 Å². The van der Waals surface area contributed by atoms with Gasteiger partial charge in [0.2, 0.25) is 11.8 Å². The molecule has 0 aliphatic rings. The van der Waals surface area contributed by atoms with Crippen LogP contribution < -0.4 is 14.8 Å². The SMILES string of the molecule is CCOc1ccc(CCNC(=O)CCCc2nc(-c3ccccc3C)oc2C)cc1OCC. The summed E-state index contributed by atoms with van der Waals surface area (Å²) >= 11 is 0. The zero-order chi connectivity index (χ0) is 23.6. The van der Waals surface area contributed by atoms with Gasteiger partial charge in [-0.15, -0.1) is 0 Å². The minimum atomic E-state index is 0.0474. The van der Waals surface area contributed by atoms with Gasteiger partial charge in [0.15, 0.2) is 11.5 Å². The van der Waals surface area contributed by atoms with Gasteiger partial charge in [-0.05, 0) is 76.3 Å². The van der Waals surface area contributed by atoms with Gasteiger partial charge in [-0.1, -0.05) is 24.3 Å². The Bertz CT molecular complexity index is 1060. The van der Waals surface area contributed by atoms with Gasteiger partial charge in [-0.2, -0.15) is 0 Å². The fraction of sp³-hybridized carbons (Fsp3) is 0.407. The first-order valence-electron chi connectivity index (χ1n) is 11.7. The molecule has 6 heteroatoms. The van der Waals surface area contributed by atoms with E-state index >= 15 is 0 Å². The molecule has 3 aromatic rings. The molecule has 0 saturated carbocycles. The van der Waals surface area contributed by atoms with Crippen molar-refractivity contribution in [1.82, 2.24) is 10.3 Å². The van der Waals surface area contributed by atoms with Crippen LogP contribution in [0.5, 0.6) is 11.5 Å². The number of hydrogen-bond acceptors (Lipinski definition) is 5. The number of aryl methyl sites for hydroxylation is 3. The van der Waals surface area contributed by atoms with Gasteiger partial charge < -0.3 is 19.2 Å². The first-order chi connectivity index (χ1) is 16.0. The lowest BCUT2D eigenvalue weighted by Gasteiger charge is -2.12. The van der Waals surface area contributed by atoms with Crippen LogP contribution in [0.4, 0.5) is 0 Å². The summed E-state index contributed by atoms with van der Waals surface area (Å²) in [6, 6.07) is 14.0. The molecule has 3 rings (SSSR count). The summed E-state index contributed by atoms with van der Waals surface area (Å²) in [6.45, 7) is 9.63. The van der Waals surface area contributed by atoms with Crippen molar-refractivity contribution in [2.24, 2.45) is 0 Å². The van der Waals surface area contributed by atoms with Crippen LogP contribution in [0, 0.1) is 13.8 Å². The lowest BCUT2D eigenvalue weighted by atomic mass is 10.1. The summed E-state index contributed by atoms with van der Waals surface area (Å²) in [5.41, 5.74) is 4.15. The molecule has 2 aromatic carbocycles. The fourth-order valence-corrected chi connectivity index (χ4v) is 3.69. The molecule has 0 bridgehead atoms. The number of aromatic nitrogens is 1. The van der Waals surface area contributed by atoms with Crippen LogP contribution in [-0.4, -0.2) is 30.6 Å². The van der Waals surface area contributed by atoms with E-state index in [2.05, 4.69) is 10.3 Å². The molecule has 1 aromatic heterocycles. The van der Waals surface area contributed by atoms with Gasteiger partial charge >= 0.3 is 0 Å². The maximum absolute atomic E-state index is 12.3. The molecule has 1 amide bonds. The first kappa shape index (κ1) is 24.4. The molecule has 0 unspecified atom stereocenters. The van der Waals surface area contributed by atoms with Crippen LogP contribution >= 0.6 is 0 Å². The monoisotopic (exact) mass is 450 g/mol. The Morgan fingerprint density at radius 1 is 1.00 bits per heavy atom. The van der Waals surface area contributed by atoms with Crippen molar-refractivity contribution >= 4 is 5.91 Å². The van der Waals surface area contributed by atoms with E-state index in [1.54, 1.807) is 0 Å². The minimum absolute atomic E-state index is 0.0474. The van der Waals surface area contributed by atoms with Crippen LogP contribution in [0.2, 0.25) is 0 Å². The number of hydrogen-bond donors (Lipinski definition) is 1. The number of rotatable bonds is 12. The molecule has 0 aliphatic carbocycles. The molecule has 1 N–H and O–H groups in total.